The van der Waals surface area contributed by atoms with Crippen LogP contribution in [0.4, 0.5) is 4.39 Å². The molecule has 19 heavy (non-hydrogen) atoms. The highest BCUT2D eigenvalue weighted by molar-refractivity contribution is 5.94. The number of halogens is 2. The molecule has 1 amide bonds. The van der Waals surface area contributed by atoms with Crippen molar-refractivity contribution in [2.24, 2.45) is 5.41 Å². The van der Waals surface area contributed by atoms with E-state index in [0.717, 1.165) is 39.0 Å². The zero-order valence-corrected chi connectivity index (χ0v) is 11.5. The first-order valence-corrected chi connectivity index (χ1v) is 6.44. The molecule has 0 aliphatic carbocycles. The van der Waals surface area contributed by atoms with Crippen molar-refractivity contribution in [1.82, 2.24) is 10.2 Å². The third-order valence-corrected chi connectivity index (χ3v) is 4.13. The fourth-order valence-corrected chi connectivity index (χ4v) is 3.06. The molecule has 104 valence electrons. The molecule has 0 aromatic heterocycles. The van der Waals surface area contributed by atoms with E-state index in [9.17, 15) is 9.18 Å². The summed E-state index contributed by atoms with van der Waals surface area (Å²) >= 11 is 0. The van der Waals surface area contributed by atoms with Crippen molar-refractivity contribution in [2.45, 2.75) is 12.8 Å². The monoisotopic (exact) mass is 284 g/mol. The minimum Gasteiger partial charge on any atom is -0.338 e. The first-order valence-electron chi connectivity index (χ1n) is 6.44. The van der Waals surface area contributed by atoms with Crippen molar-refractivity contribution in [3.05, 3.63) is 35.6 Å². The Labute approximate surface area is 118 Å². The number of carbonyl (C=O) groups excluding carboxylic acids is 1. The summed E-state index contributed by atoms with van der Waals surface area (Å²) in [4.78, 5) is 14.1. The number of hydrogen-bond acceptors (Lipinski definition) is 2. The molecule has 1 atom stereocenters. The second-order valence-corrected chi connectivity index (χ2v) is 5.41. The van der Waals surface area contributed by atoms with Crippen LogP contribution in [0.1, 0.15) is 23.2 Å². The standard InChI is InChI=1S/C14H17FN2O.ClH/c15-12-3-1-2-11(8-12)13(18)17-7-5-14(10-17)4-6-16-9-14;/h1-3,8,16H,4-7,9-10H2;1H. The molecule has 2 fully saturated rings. The summed E-state index contributed by atoms with van der Waals surface area (Å²) in [6, 6.07) is 5.96. The molecule has 2 aliphatic heterocycles. The van der Waals surface area contributed by atoms with Crippen LogP contribution in [0, 0.1) is 11.2 Å². The largest absolute Gasteiger partial charge is 0.338 e. The Balaban J connectivity index is 0.00000133. The highest BCUT2D eigenvalue weighted by Crippen LogP contribution is 2.36. The zero-order chi connectivity index (χ0) is 12.6. The molecule has 1 aromatic carbocycles. The van der Waals surface area contributed by atoms with Gasteiger partial charge in [-0.05, 0) is 37.6 Å². The number of nitrogens with zero attached hydrogens (tertiary/aromatic N) is 1. The number of likely N-dealkylation sites (tertiary alicyclic amines) is 1. The topological polar surface area (TPSA) is 32.3 Å². The van der Waals surface area contributed by atoms with E-state index in [1.165, 1.54) is 12.1 Å². The van der Waals surface area contributed by atoms with Gasteiger partial charge in [0.1, 0.15) is 5.82 Å². The maximum atomic E-state index is 13.1. The molecule has 0 saturated carbocycles. The van der Waals surface area contributed by atoms with Crippen LogP contribution in [0.15, 0.2) is 24.3 Å². The minimum absolute atomic E-state index is 0. The maximum absolute atomic E-state index is 13.1. The lowest BCUT2D eigenvalue weighted by Crippen LogP contribution is -2.33. The van der Waals surface area contributed by atoms with Crippen molar-refractivity contribution in [3.63, 3.8) is 0 Å². The van der Waals surface area contributed by atoms with Gasteiger partial charge in [-0.1, -0.05) is 6.07 Å². The van der Waals surface area contributed by atoms with Gasteiger partial charge in [-0.15, -0.1) is 12.4 Å². The Bertz CT molecular complexity index is 474. The van der Waals surface area contributed by atoms with E-state index in [-0.39, 0.29) is 29.5 Å². The highest BCUT2D eigenvalue weighted by Gasteiger charge is 2.41. The predicted molar refractivity (Wildman–Crippen MR) is 74.1 cm³/mol. The number of benzene rings is 1. The van der Waals surface area contributed by atoms with Crippen molar-refractivity contribution < 1.29 is 9.18 Å². The lowest BCUT2D eigenvalue weighted by atomic mass is 9.86. The van der Waals surface area contributed by atoms with E-state index in [4.69, 9.17) is 0 Å². The molecule has 3 nitrogen and oxygen atoms in total. The number of hydrogen-bond donors (Lipinski definition) is 1. The second kappa shape index (κ2) is 5.47. The van der Waals surface area contributed by atoms with E-state index >= 15 is 0 Å². The summed E-state index contributed by atoms with van der Waals surface area (Å²) in [6.45, 7) is 3.63. The number of rotatable bonds is 1. The zero-order valence-electron chi connectivity index (χ0n) is 10.7. The van der Waals surface area contributed by atoms with Crippen LogP contribution in [-0.2, 0) is 0 Å². The van der Waals surface area contributed by atoms with Gasteiger partial charge in [0.25, 0.3) is 5.91 Å². The maximum Gasteiger partial charge on any atom is 0.253 e. The molecule has 1 unspecified atom stereocenters. The van der Waals surface area contributed by atoms with E-state index in [1.54, 1.807) is 12.1 Å². The summed E-state index contributed by atoms with van der Waals surface area (Å²) in [6.07, 6.45) is 2.20. The van der Waals surface area contributed by atoms with Crippen LogP contribution in [0.5, 0.6) is 0 Å². The summed E-state index contributed by atoms with van der Waals surface area (Å²) in [7, 11) is 0. The van der Waals surface area contributed by atoms with E-state index in [1.807, 2.05) is 4.90 Å². The second-order valence-electron chi connectivity index (χ2n) is 5.41. The third-order valence-electron chi connectivity index (χ3n) is 4.13. The molecule has 0 radical (unpaired) electrons. The van der Waals surface area contributed by atoms with E-state index in [0.29, 0.717) is 5.56 Å². The van der Waals surface area contributed by atoms with E-state index < -0.39 is 0 Å². The normalized spacial score (nSPS) is 25.6. The van der Waals surface area contributed by atoms with Gasteiger partial charge in [0.05, 0.1) is 0 Å². The molecule has 3 rings (SSSR count). The molecule has 5 heteroatoms. The van der Waals surface area contributed by atoms with Crippen molar-refractivity contribution in [1.29, 1.82) is 0 Å². The molecule has 2 heterocycles. The lowest BCUT2D eigenvalue weighted by molar-refractivity contribution is 0.0775. The molecular weight excluding hydrogens is 267 g/mol. The van der Waals surface area contributed by atoms with Crippen LogP contribution in [0.25, 0.3) is 0 Å². The van der Waals surface area contributed by atoms with Crippen LogP contribution in [-0.4, -0.2) is 37.0 Å². The van der Waals surface area contributed by atoms with Gasteiger partial charge in [0, 0.05) is 30.6 Å². The number of amides is 1. The Kier molecular flexibility index (Phi) is 4.11. The Morgan fingerprint density at radius 2 is 2.21 bits per heavy atom. The average molecular weight is 285 g/mol. The summed E-state index contributed by atoms with van der Waals surface area (Å²) in [5.41, 5.74) is 0.723. The van der Waals surface area contributed by atoms with Crippen LogP contribution >= 0.6 is 12.4 Å². The van der Waals surface area contributed by atoms with Crippen LogP contribution in [0.3, 0.4) is 0 Å². The predicted octanol–water partition coefficient (Wildman–Crippen LogP) is 2.07. The quantitative estimate of drug-likeness (QED) is 0.856. The fraction of sp³-hybridized carbons (Fsp3) is 0.500. The molecule has 2 aliphatic rings. The summed E-state index contributed by atoms with van der Waals surface area (Å²) in [5, 5.41) is 3.37. The molecule has 2 saturated heterocycles. The lowest BCUT2D eigenvalue weighted by Gasteiger charge is -2.22. The fourth-order valence-electron chi connectivity index (χ4n) is 3.06. The third kappa shape index (κ3) is 2.74. The molecule has 1 aromatic rings. The average Bonchev–Trinajstić information content (AvgIpc) is 3.00. The Hall–Kier alpha value is -1.13. The minimum atomic E-state index is -0.350. The van der Waals surface area contributed by atoms with Crippen molar-refractivity contribution in [3.8, 4) is 0 Å². The molecule has 1 spiro atoms. The van der Waals surface area contributed by atoms with Gasteiger partial charge >= 0.3 is 0 Å². The molecule has 1 N–H and O–H groups in total. The van der Waals surface area contributed by atoms with Gasteiger partial charge in [0.2, 0.25) is 0 Å². The number of carbonyl (C=O) groups is 1. The first-order chi connectivity index (χ1) is 8.69. The van der Waals surface area contributed by atoms with Gasteiger partial charge in [-0.2, -0.15) is 0 Å². The highest BCUT2D eigenvalue weighted by atomic mass is 35.5. The number of nitrogens with one attached hydrogen (secondary N) is 1. The molecule has 0 bridgehead atoms. The molecular formula is C14H18ClFN2O. The Morgan fingerprint density at radius 1 is 1.37 bits per heavy atom. The van der Waals surface area contributed by atoms with Gasteiger partial charge < -0.3 is 10.2 Å². The smallest absolute Gasteiger partial charge is 0.253 e. The van der Waals surface area contributed by atoms with Gasteiger partial charge in [0.15, 0.2) is 0 Å². The Morgan fingerprint density at radius 3 is 2.89 bits per heavy atom. The van der Waals surface area contributed by atoms with Crippen LogP contribution in [0.2, 0.25) is 0 Å². The van der Waals surface area contributed by atoms with Crippen molar-refractivity contribution >= 4 is 18.3 Å². The van der Waals surface area contributed by atoms with Crippen LogP contribution < -0.4 is 5.32 Å². The van der Waals surface area contributed by atoms with Gasteiger partial charge in [-0.25, -0.2) is 4.39 Å². The summed E-state index contributed by atoms with van der Waals surface area (Å²) < 4.78 is 13.1. The first kappa shape index (κ1) is 14.3. The van der Waals surface area contributed by atoms with E-state index in [2.05, 4.69) is 5.32 Å². The summed E-state index contributed by atoms with van der Waals surface area (Å²) in [5.74, 6) is -0.393. The SMILES string of the molecule is Cl.O=C(c1cccc(F)c1)N1CCC2(CCNC2)C1. The van der Waals surface area contributed by atoms with Crippen molar-refractivity contribution in [2.75, 3.05) is 26.2 Å². The van der Waals surface area contributed by atoms with Gasteiger partial charge in [-0.3, -0.25) is 4.79 Å².